The maximum absolute atomic E-state index is 6.44. The molecule has 0 radical (unpaired) electrons. The van der Waals surface area contributed by atoms with Gasteiger partial charge in [-0.25, -0.2) is 0 Å². The molecular weight excluding hydrogens is 301 g/mol. The van der Waals surface area contributed by atoms with Gasteiger partial charge in [0, 0.05) is 21.5 Å². The lowest BCUT2D eigenvalue weighted by Gasteiger charge is -2.07. The summed E-state index contributed by atoms with van der Waals surface area (Å²) >= 11 is 12.7. The first-order valence-corrected chi connectivity index (χ1v) is 7.45. The third kappa shape index (κ3) is 1.93. The summed E-state index contributed by atoms with van der Waals surface area (Å²) in [6.07, 6.45) is 0. The molecule has 0 bridgehead atoms. The monoisotopic (exact) mass is 311 g/mol. The summed E-state index contributed by atoms with van der Waals surface area (Å²) in [5.41, 5.74) is 3.25. The van der Waals surface area contributed by atoms with Crippen molar-refractivity contribution in [1.29, 1.82) is 0 Å². The summed E-state index contributed by atoms with van der Waals surface area (Å²) < 4.78 is 2.20. The molecule has 1 heterocycles. The predicted octanol–water partition coefficient (Wildman–Crippen LogP) is 6.09. The second kappa shape index (κ2) is 4.80. The molecule has 0 aliphatic carbocycles. The fourth-order valence-electron chi connectivity index (χ4n) is 2.87. The molecule has 0 aliphatic rings. The molecule has 0 unspecified atom stereocenters. The minimum Gasteiger partial charge on any atom is -0.309 e. The van der Waals surface area contributed by atoms with Gasteiger partial charge in [0.25, 0.3) is 0 Å². The molecule has 3 aromatic carbocycles. The van der Waals surface area contributed by atoms with Gasteiger partial charge in [-0.1, -0.05) is 59.6 Å². The van der Waals surface area contributed by atoms with E-state index >= 15 is 0 Å². The van der Waals surface area contributed by atoms with Gasteiger partial charge >= 0.3 is 0 Å². The summed E-state index contributed by atoms with van der Waals surface area (Å²) in [7, 11) is 0. The van der Waals surface area contributed by atoms with E-state index in [0.29, 0.717) is 10.0 Å². The molecule has 102 valence electrons. The fraction of sp³-hybridized carbons (Fsp3) is 0. The van der Waals surface area contributed by atoms with Crippen LogP contribution in [0.15, 0.2) is 66.7 Å². The first kappa shape index (κ1) is 12.8. The standard InChI is InChI=1S/C18H11Cl2N/c19-12-10-15(20)18-14-8-4-5-9-16(14)21(17(18)11-12)13-6-2-1-3-7-13/h1-11H. The fourth-order valence-corrected chi connectivity index (χ4v) is 3.45. The van der Waals surface area contributed by atoms with Crippen molar-refractivity contribution in [2.75, 3.05) is 0 Å². The number of halogens is 2. The highest BCUT2D eigenvalue weighted by molar-refractivity contribution is 6.40. The van der Waals surface area contributed by atoms with Gasteiger partial charge in [0.15, 0.2) is 0 Å². The summed E-state index contributed by atoms with van der Waals surface area (Å²) in [5.74, 6) is 0. The highest BCUT2D eigenvalue weighted by Gasteiger charge is 2.14. The molecule has 21 heavy (non-hydrogen) atoms. The van der Waals surface area contributed by atoms with Crippen LogP contribution in [0.5, 0.6) is 0 Å². The van der Waals surface area contributed by atoms with Crippen LogP contribution >= 0.6 is 23.2 Å². The maximum atomic E-state index is 6.44. The van der Waals surface area contributed by atoms with E-state index in [-0.39, 0.29) is 0 Å². The smallest absolute Gasteiger partial charge is 0.0570 e. The molecule has 4 aromatic rings. The molecule has 4 rings (SSSR count). The molecule has 0 amide bonds. The number of fused-ring (bicyclic) bond motifs is 3. The highest BCUT2D eigenvalue weighted by atomic mass is 35.5. The highest BCUT2D eigenvalue weighted by Crippen LogP contribution is 2.37. The SMILES string of the molecule is Clc1cc(Cl)c2c3ccccc3n(-c3ccccc3)c2c1. The Labute approximate surface area is 132 Å². The number of benzene rings is 3. The van der Waals surface area contributed by atoms with Crippen molar-refractivity contribution < 1.29 is 0 Å². The summed E-state index contributed by atoms with van der Waals surface area (Å²) in [4.78, 5) is 0. The van der Waals surface area contributed by atoms with Crippen LogP contribution in [-0.2, 0) is 0 Å². The van der Waals surface area contributed by atoms with E-state index in [9.17, 15) is 0 Å². The molecule has 0 spiro atoms. The Kier molecular flexibility index (Phi) is 2.91. The molecule has 1 aromatic heterocycles. The number of para-hydroxylation sites is 2. The van der Waals surface area contributed by atoms with Crippen molar-refractivity contribution in [3.63, 3.8) is 0 Å². The molecule has 3 heteroatoms. The number of hydrogen-bond donors (Lipinski definition) is 0. The average Bonchev–Trinajstić information content (AvgIpc) is 2.82. The number of hydrogen-bond acceptors (Lipinski definition) is 0. The van der Waals surface area contributed by atoms with E-state index in [2.05, 4.69) is 28.8 Å². The first-order chi connectivity index (χ1) is 10.3. The van der Waals surface area contributed by atoms with E-state index in [1.54, 1.807) is 6.07 Å². The van der Waals surface area contributed by atoms with Crippen LogP contribution < -0.4 is 0 Å². The van der Waals surface area contributed by atoms with Crippen LogP contribution in [0.1, 0.15) is 0 Å². The van der Waals surface area contributed by atoms with Crippen molar-refractivity contribution in [2.45, 2.75) is 0 Å². The minimum absolute atomic E-state index is 0.646. The van der Waals surface area contributed by atoms with E-state index in [4.69, 9.17) is 23.2 Å². The zero-order chi connectivity index (χ0) is 14.4. The van der Waals surface area contributed by atoms with Crippen LogP contribution in [0.4, 0.5) is 0 Å². The van der Waals surface area contributed by atoms with Crippen molar-refractivity contribution in [3.05, 3.63) is 76.8 Å². The first-order valence-electron chi connectivity index (χ1n) is 6.69. The average molecular weight is 312 g/mol. The molecule has 0 fully saturated rings. The Hall–Kier alpha value is -1.96. The largest absolute Gasteiger partial charge is 0.309 e. The van der Waals surface area contributed by atoms with E-state index in [1.807, 2.05) is 36.4 Å². The summed E-state index contributed by atoms with van der Waals surface area (Å²) in [6.45, 7) is 0. The van der Waals surface area contributed by atoms with Gasteiger partial charge in [0.05, 0.1) is 16.1 Å². The van der Waals surface area contributed by atoms with Gasteiger partial charge in [-0.3, -0.25) is 0 Å². The Balaban J connectivity index is 2.27. The number of rotatable bonds is 1. The Morgan fingerprint density at radius 1 is 0.714 bits per heavy atom. The molecule has 0 saturated heterocycles. The second-order valence-electron chi connectivity index (χ2n) is 4.97. The predicted molar refractivity (Wildman–Crippen MR) is 90.8 cm³/mol. The van der Waals surface area contributed by atoms with Gasteiger partial charge in [-0.05, 0) is 30.3 Å². The van der Waals surface area contributed by atoms with E-state index < -0.39 is 0 Å². The Morgan fingerprint density at radius 3 is 2.24 bits per heavy atom. The van der Waals surface area contributed by atoms with Gasteiger partial charge in [-0.2, -0.15) is 0 Å². The van der Waals surface area contributed by atoms with E-state index in [0.717, 1.165) is 27.5 Å². The van der Waals surface area contributed by atoms with Crippen LogP contribution in [0.2, 0.25) is 10.0 Å². The normalized spacial score (nSPS) is 11.3. The lowest BCUT2D eigenvalue weighted by atomic mass is 10.1. The van der Waals surface area contributed by atoms with Crippen molar-refractivity contribution in [1.82, 2.24) is 4.57 Å². The minimum atomic E-state index is 0.646. The van der Waals surface area contributed by atoms with Crippen LogP contribution in [-0.4, -0.2) is 4.57 Å². The molecule has 1 nitrogen and oxygen atoms in total. The van der Waals surface area contributed by atoms with Crippen LogP contribution in [0, 0.1) is 0 Å². The third-order valence-electron chi connectivity index (χ3n) is 3.70. The molecule has 0 saturated carbocycles. The lowest BCUT2D eigenvalue weighted by molar-refractivity contribution is 1.18. The van der Waals surface area contributed by atoms with Gasteiger partial charge in [-0.15, -0.1) is 0 Å². The summed E-state index contributed by atoms with van der Waals surface area (Å²) in [6, 6.07) is 22.3. The number of nitrogens with zero attached hydrogens (tertiary/aromatic N) is 1. The quantitative estimate of drug-likeness (QED) is 0.401. The molecule has 0 aliphatic heterocycles. The third-order valence-corrected chi connectivity index (χ3v) is 4.22. The topological polar surface area (TPSA) is 4.93 Å². The van der Waals surface area contributed by atoms with Crippen LogP contribution in [0.25, 0.3) is 27.5 Å². The van der Waals surface area contributed by atoms with Crippen molar-refractivity contribution in [3.8, 4) is 5.69 Å². The Bertz CT molecular complexity index is 955. The zero-order valence-corrected chi connectivity index (χ0v) is 12.6. The van der Waals surface area contributed by atoms with Gasteiger partial charge in [0.1, 0.15) is 0 Å². The molecule has 0 atom stereocenters. The Morgan fingerprint density at radius 2 is 1.43 bits per heavy atom. The molecular formula is C18H11Cl2N. The maximum Gasteiger partial charge on any atom is 0.0570 e. The molecule has 0 N–H and O–H groups in total. The van der Waals surface area contributed by atoms with Crippen molar-refractivity contribution in [2.24, 2.45) is 0 Å². The second-order valence-corrected chi connectivity index (χ2v) is 5.81. The van der Waals surface area contributed by atoms with Gasteiger partial charge < -0.3 is 4.57 Å². The zero-order valence-electron chi connectivity index (χ0n) is 11.1. The number of aromatic nitrogens is 1. The van der Waals surface area contributed by atoms with Crippen molar-refractivity contribution >= 4 is 45.0 Å². The lowest BCUT2D eigenvalue weighted by Crippen LogP contribution is -1.92. The van der Waals surface area contributed by atoms with Gasteiger partial charge in [0.2, 0.25) is 0 Å². The van der Waals surface area contributed by atoms with E-state index in [1.165, 1.54) is 0 Å². The van der Waals surface area contributed by atoms with Crippen LogP contribution in [0.3, 0.4) is 0 Å². The summed E-state index contributed by atoms with van der Waals surface area (Å²) in [5, 5.41) is 3.51.